The minimum Gasteiger partial charge on any atom is -0.410 e. The maximum absolute atomic E-state index is 11.3. The van der Waals surface area contributed by atoms with Crippen LogP contribution in [0.15, 0.2) is 36.9 Å². The van der Waals surface area contributed by atoms with Gasteiger partial charge in [0.05, 0.1) is 0 Å². The summed E-state index contributed by atoms with van der Waals surface area (Å²) >= 11 is 0. The predicted molar refractivity (Wildman–Crippen MR) is 65.0 cm³/mol. The number of nitrogens with zero attached hydrogens (tertiary/aromatic N) is 1. The van der Waals surface area contributed by atoms with Gasteiger partial charge in [-0.25, -0.2) is 4.79 Å². The smallest absolute Gasteiger partial charge is 0.410 e. The zero-order valence-electron chi connectivity index (χ0n) is 9.56. The SMILES string of the molecule is C=CCNC(=O)Oc1cccc(N(C)C)c1. The van der Waals surface area contributed by atoms with Crippen LogP contribution >= 0.6 is 0 Å². The first-order valence-electron chi connectivity index (χ1n) is 4.97. The Morgan fingerprint density at radius 1 is 1.56 bits per heavy atom. The van der Waals surface area contributed by atoms with Gasteiger partial charge in [-0.05, 0) is 12.1 Å². The van der Waals surface area contributed by atoms with E-state index in [0.717, 1.165) is 5.69 Å². The summed E-state index contributed by atoms with van der Waals surface area (Å²) in [6.45, 7) is 3.90. The molecule has 4 nitrogen and oxygen atoms in total. The second kappa shape index (κ2) is 5.80. The lowest BCUT2D eigenvalue weighted by Crippen LogP contribution is -2.26. The lowest BCUT2D eigenvalue weighted by atomic mass is 10.3. The molecule has 1 amide bonds. The highest BCUT2D eigenvalue weighted by Gasteiger charge is 2.03. The Kier molecular flexibility index (Phi) is 4.39. The van der Waals surface area contributed by atoms with Crippen LogP contribution in [0.2, 0.25) is 0 Å². The topological polar surface area (TPSA) is 41.6 Å². The zero-order chi connectivity index (χ0) is 12.0. The molecule has 1 N–H and O–H groups in total. The van der Waals surface area contributed by atoms with Crippen molar-refractivity contribution in [1.82, 2.24) is 5.32 Å². The van der Waals surface area contributed by atoms with Crippen LogP contribution in [0.1, 0.15) is 0 Å². The van der Waals surface area contributed by atoms with Gasteiger partial charge in [0.25, 0.3) is 0 Å². The molecule has 0 saturated carbocycles. The molecular weight excluding hydrogens is 204 g/mol. The first-order chi connectivity index (χ1) is 7.63. The van der Waals surface area contributed by atoms with Gasteiger partial charge in [0.15, 0.2) is 0 Å². The fourth-order valence-corrected chi connectivity index (χ4v) is 1.12. The summed E-state index contributed by atoms with van der Waals surface area (Å²) in [5, 5.41) is 2.54. The summed E-state index contributed by atoms with van der Waals surface area (Å²) in [4.78, 5) is 13.2. The Balaban J connectivity index is 2.63. The van der Waals surface area contributed by atoms with E-state index in [9.17, 15) is 4.79 Å². The van der Waals surface area contributed by atoms with Gasteiger partial charge < -0.3 is 15.0 Å². The minimum absolute atomic E-state index is 0.395. The molecule has 0 unspecified atom stereocenters. The lowest BCUT2D eigenvalue weighted by Gasteiger charge is -2.13. The quantitative estimate of drug-likeness (QED) is 0.789. The highest BCUT2D eigenvalue weighted by molar-refractivity contribution is 5.71. The van der Waals surface area contributed by atoms with Gasteiger partial charge in [0.2, 0.25) is 0 Å². The number of ether oxygens (including phenoxy) is 1. The van der Waals surface area contributed by atoms with Gasteiger partial charge in [-0.1, -0.05) is 12.1 Å². The van der Waals surface area contributed by atoms with Crippen molar-refractivity contribution >= 4 is 11.8 Å². The average molecular weight is 220 g/mol. The van der Waals surface area contributed by atoms with E-state index in [1.807, 2.05) is 31.1 Å². The standard InChI is InChI=1S/C12H16N2O2/c1-4-8-13-12(15)16-11-7-5-6-10(9-11)14(2)3/h4-7,9H,1,8H2,2-3H3,(H,13,15). The third-order valence-corrected chi connectivity index (χ3v) is 1.94. The number of rotatable bonds is 4. The molecule has 0 saturated heterocycles. The van der Waals surface area contributed by atoms with Crippen LogP contribution in [-0.4, -0.2) is 26.7 Å². The molecule has 0 heterocycles. The van der Waals surface area contributed by atoms with E-state index in [1.54, 1.807) is 18.2 Å². The molecule has 86 valence electrons. The van der Waals surface area contributed by atoms with Crippen molar-refractivity contribution in [3.8, 4) is 5.75 Å². The van der Waals surface area contributed by atoms with Crippen LogP contribution in [0, 0.1) is 0 Å². The number of amides is 1. The molecule has 0 aliphatic carbocycles. The van der Waals surface area contributed by atoms with E-state index in [0.29, 0.717) is 12.3 Å². The molecule has 1 rings (SSSR count). The fraction of sp³-hybridized carbons (Fsp3) is 0.250. The second-order valence-corrected chi connectivity index (χ2v) is 3.45. The van der Waals surface area contributed by atoms with Gasteiger partial charge in [-0.15, -0.1) is 6.58 Å². The Labute approximate surface area is 95.5 Å². The molecular formula is C12H16N2O2. The summed E-state index contributed by atoms with van der Waals surface area (Å²) in [5.41, 5.74) is 0.981. The van der Waals surface area contributed by atoms with Gasteiger partial charge in [0, 0.05) is 32.4 Å². The number of carbonyl (C=O) groups is 1. The maximum Gasteiger partial charge on any atom is 0.412 e. The summed E-state index contributed by atoms with van der Waals surface area (Å²) in [6.07, 6.45) is 1.12. The van der Waals surface area contributed by atoms with Crippen LogP contribution in [0.25, 0.3) is 0 Å². The number of nitrogens with one attached hydrogen (secondary N) is 1. The molecule has 0 aliphatic rings. The van der Waals surface area contributed by atoms with Crippen LogP contribution in [0.4, 0.5) is 10.5 Å². The lowest BCUT2D eigenvalue weighted by molar-refractivity contribution is 0.201. The molecule has 1 aromatic carbocycles. The molecule has 0 aliphatic heterocycles. The van der Waals surface area contributed by atoms with E-state index in [2.05, 4.69) is 11.9 Å². The Morgan fingerprint density at radius 2 is 2.31 bits per heavy atom. The van der Waals surface area contributed by atoms with E-state index >= 15 is 0 Å². The van der Waals surface area contributed by atoms with Crippen molar-refractivity contribution in [2.45, 2.75) is 0 Å². The summed E-state index contributed by atoms with van der Waals surface area (Å²) < 4.78 is 5.08. The van der Waals surface area contributed by atoms with E-state index in [1.165, 1.54) is 0 Å². The second-order valence-electron chi connectivity index (χ2n) is 3.45. The zero-order valence-corrected chi connectivity index (χ0v) is 9.56. The van der Waals surface area contributed by atoms with Gasteiger partial charge in [0.1, 0.15) is 5.75 Å². The predicted octanol–water partition coefficient (Wildman–Crippen LogP) is 2.03. The molecule has 0 atom stereocenters. The molecule has 4 heteroatoms. The van der Waals surface area contributed by atoms with Crippen LogP contribution in [0.5, 0.6) is 5.75 Å². The van der Waals surface area contributed by atoms with E-state index < -0.39 is 6.09 Å². The Morgan fingerprint density at radius 3 is 2.94 bits per heavy atom. The van der Waals surface area contributed by atoms with Crippen molar-refractivity contribution in [3.05, 3.63) is 36.9 Å². The highest BCUT2D eigenvalue weighted by Crippen LogP contribution is 2.19. The Bertz CT molecular complexity index is 375. The average Bonchev–Trinajstić information content (AvgIpc) is 2.26. The summed E-state index contributed by atoms with van der Waals surface area (Å²) in [7, 11) is 3.85. The molecule has 0 aromatic heterocycles. The van der Waals surface area contributed by atoms with Gasteiger partial charge in [-0.3, -0.25) is 0 Å². The normalized spacial score (nSPS) is 9.38. The largest absolute Gasteiger partial charge is 0.412 e. The van der Waals surface area contributed by atoms with Crippen molar-refractivity contribution in [3.63, 3.8) is 0 Å². The fourth-order valence-electron chi connectivity index (χ4n) is 1.12. The number of benzene rings is 1. The highest BCUT2D eigenvalue weighted by atomic mass is 16.6. The van der Waals surface area contributed by atoms with Crippen LogP contribution < -0.4 is 15.0 Å². The number of carbonyl (C=O) groups excluding carboxylic acids is 1. The van der Waals surface area contributed by atoms with Gasteiger partial charge >= 0.3 is 6.09 Å². The first kappa shape index (κ1) is 12.1. The Hall–Kier alpha value is -1.97. The van der Waals surface area contributed by atoms with Crippen molar-refractivity contribution in [1.29, 1.82) is 0 Å². The number of hydrogen-bond donors (Lipinski definition) is 1. The molecule has 0 radical (unpaired) electrons. The third-order valence-electron chi connectivity index (χ3n) is 1.94. The molecule has 16 heavy (non-hydrogen) atoms. The molecule has 0 fully saturated rings. The van der Waals surface area contributed by atoms with Crippen LogP contribution in [0.3, 0.4) is 0 Å². The summed E-state index contributed by atoms with van der Waals surface area (Å²) in [5.74, 6) is 0.521. The van der Waals surface area contributed by atoms with Crippen molar-refractivity contribution < 1.29 is 9.53 Å². The van der Waals surface area contributed by atoms with Crippen LogP contribution in [-0.2, 0) is 0 Å². The summed E-state index contributed by atoms with van der Waals surface area (Å²) in [6, 6.07) is 7.31. The monoisotopic (exact) mass is 220 g/mol. The van der Waals surface area contributed by atoms with Gasteiger partial charge in [-0.2, -0.15) is 0 Å². The van der Waals surface area contributed by atoms with Crippen molar-refractivity contribution in [2.75, 3.05) is 25.5 Å². The maximum atomic E-state index is 11.3. The number of anilines is 1. The third kappa shape index (κ3) is 3.65. The molecule has 0 bridgehead atoms. The van der Waals surface area contributed by atoms with Crippen molar-refractivity contribution in [2.24, 2.45) is 0 Å². The first-order valence-corrected chi connectivity index (χ1v) is 4.97. The molecule has 0 spiro atoms. The van der Waals surface area contributed by atoms with E-state index in [4.69, 9.17) is 4.74 Å². The molecule has 1 aromatic rings. The number of hydrogen-bond acceptors (Lipinski definition) is 3. The van der Waals surface area contributed by atoms with E-state index in [-0.39, 0.29) is 0 Å². The minimum atomic E-state index is -0.476.